The Morgan fingerprint density at radius 2 is 1.93 bits per heavy atom. The van der Waals surface area contributed by atoms with Crippen LogP contribution < -0.4 is 5.32 Å². The number of amides is 1. The molecule has 4 rings (SSSR count). The second-order valence-corrected chi connectivity index (χ2v) is 8.49. The van der Waals surface area contributed by atoms with Gasteiger partial charge in [-0.2, -0.15) is 5.26 Å². The highest BCUT2D eigenvalue weighted by Crippen LogP contribution is 2.45. The van der Waals surface area contributed by atoms with Crippen molar-refractivity contribution >= 4 is 23.2 Å². The number of carbonyl (C=O) groups excluding carboxylic acids is 1. The van der Waals surface area contributed by atoms with Crippen LogP contribution in [0.25, 0.3) is 0 Å². The topological polar surface area (TPSA) is 80.0 Å². The predicted molar refractivity (Wildman–Crippen MR) is 106 cm³/mol. The highest BCUT2D eigenvalue weighted by atomic mass is 32.1. The first kappa shape index (κ1) is 17.7. The molecule has 1 aromatic carbocycles. The van der Waals surface area contributed by atoms with Crippen LogP contribution in [-0.4, -0.2) is 23.3 Å². The van der Waals surface area contributed by atoms with Crippen molar-refractivity contribution in [3.8, 4) is 6.07 Å². The molecule has 2 heterocycles. The van der Waals surface area contributed by atoms with Crippen LogP contribution >= 0.6 is 11.3 Å². The SMILES string of the molecule is CCN1C(=N)N[C@](C)(c2ccc(C#N)s2)[C@H](c2ccc(C3CC3)cc2)C1=O. The zero-order valence-corrected chi connectivity index (χ0v) is 16.3. The van der Waals surface area contributed by atoms with Gasteiger partial charge in [0.1, 0.15) is 10.9 Å². The number of rotatable bonds is 4. The molecule has 27 heavy (non-hydrogen) atoms. The fraction of sp³-hybridized carbons (Fsp3) is 0.381. The van der Waals surface area contributed by atoms with Gasteiger partial charge in [0.25, 0.3) is 0 Å². The van der Waals surface area contributed by atoms with E-state index in [1.165, 1.54) is 34.6 Å². The van der Waals surface area contributed by atoms with Crippen molar-refractivity contribution in [3.05, 3.63) is 57.3 Å². The van der Waals surface area contributed by atoms with Gasteiger partial charge >= 0.3 is 0 Å². The molecule has 0 spiro atoms. The van der Waals surface area contributed by atoms with Crippen molar-refractivity contribution in [1.82, 2.24) is 10.2 Å². The van der Waals surface area contributed by atoms with Gasteiger partial charge < -0.3 is 5.32 Å². The number of thiophene rings is 1. The van der Waals surface area contributed by atoms with Gasteiger partial charge in [-0.25, -0.2) is 0 Å². The van der Waals surface area contributed by atoms with Crippen LogP contribution in [-0.2, 0) is 10.3 Å². The van der Waals surface area contributed by atoms with Gasteiger partial charge in [0.2, 0.25) is 5.91 Å². The molecule has 5 nitrogen and oxygen atoms in total. The smallest absolute Gasteiger partial charge is 0.239 e. The number of guanidine groups is 1. The number of carbonyl (C=O) groups is 1. The van der Waals surface area contributed by atoms with Gasteiger partial charge in [0, 0.05) is 11.4 Å². The Bertz CT molecular complexity index is 938. The van der Waals surface area contributed by atoms with E-state index in [-0.39, 0.29) is 11.9 Å². The van der Waals surface area contributed by atoms with Crippen LogP contribution in [0.4, 0.5) is 0 Å². The molecule has 2 aliphatic rings. The molecule has 1 aromatic heterocycles. The standard InChI is InChI=1S/C21H22N4OS/c1-3-25-19(26)18(15-8-6-14(7-9-15)13-4-5-13)21(2,24-20(25)23)17-11-10-16(12-22)27-17/h6-11,13,18H,3-5H2,1-2H3,(H2,23,24)/t18-,21-/m1/s1. The number of hydrogen-bond acceptors (Lipinski definition) is 4. The van der Waals surface area contributed by atoms with Gasteiger partial charge in [0.05, 0.1) is 11.5 Å². The van der Waals surface area contributed by atoms with E-state index in [4.69, 9.17) is 5.41 Å². The third-order valence-electron chi connectivity index (χ3n) is 5.60. The molecule has 1 aliphatic heterocycles. The Morgan fingerprint density at radius 1 is 1.26 bits per heavy atom. The molecule has 0 bridgehead atoms. The van der Waals surface area contributed by atoms with Crippen molar-refractivity contribution < 1.29 is 4.79 Å². The summed E-state index contributed by atoms with van der Waals surface area (Å²) in [7, 11) is 0. The number of nitriles is 1. The van der Waals surface area contributed by atoms with E-state index in [1.807, 2.05) is 19.9 Å². The summed E-state index contributed by atoms with van der Waals surface area (Å²) in [6.45, 7) is 4.28. The summed E-state index contributed by atoms with van der Waals surface area (Å²) in [5.74, 6) is 0.254. The van der Waals surface area contributed by atoms with Crippen molar-refractivity contribution in [2.75, 3.05) is 6.54 Å². The molecule has 2 N–H and O–H groups in total. The molecular weight excluding hydrogens is 356 g/mol. The lowest BCUT2D eigenvalue weighted by atomic mass is 9.76. The zero-order valence-electron chi connectivity index (χ0n) is 15.5. The first-order valence-electron chi connectivity index (χ1n) is 9.26. The molecule has 1 saturated carbocycles. The fourth-order valence-corrected chi connectivity index (χ4v) is 4.88. The Balaban J connectivity index is 1.79. The van der Waals surface area contributed by atoms with E-state index in [2.05, 4.69) is 35.7 Å². The van der Waals surface area contributed by atoms with Gasteiger partial charge in [-0.15, -0.1) is 11.3 Å². The lowest BCUT2D eigenvalue weighted by molar-refractivity contribution is -0.132. The fourth-order valence-electron chi connectivity index (χ4n) is 3.95. The zero-order chi connectivity index (χ0) is 19.2. The highest BCUT2D eigenvalue weighted by molar-refractivity contribution is 7.12. The minimum atomic E-state index is -0.763. The van der Waals surface area contributed by atoms with E-state index in [0.717, 1.165) is 10.4 Å². The molecule has 0 unspecified atom stereocenters. The first-order chi connectivity index (χ1) is 13.0. The van der Waals surface area contributed by atoms with Gasteiger partial charge in [0.15, 0.2) is 5.96 Å². The molecule has 1 aliphatic carbocycles. The highest BCUT2D eigenvalue weighted by Gasteiger charge is 2.49. The van der Waals surface area contributed by atoms with E-state index < -0.39 is 11.5 Å². The third kappa shape index (κ3) is 2.92. The van der Waals surface area contributed by atoms with Crippen molar-refractivity contribution in [2.45, 2.75) is 44.1 Å². The maximum absolute atomic E-state index is 13.3. The van der Waals surface area contributed by atoms with Crippen molar-refractivity contribution in [3.63, 3.8) is 0 Å². The predicted octanol–water partition coefficient (Wildman–Crippen LogP) is 3.88. The van der Waals surface area contributed by atoms with Crippen LogP contribution in [0, 0.1) is 16.7 Å². The second kappa shape index (κ2) is 6.50. The summed E-state index contributed by atoms with van der Waals surface area (Å²) in [5.41, 5.74) is 1.51. The monoisotopic (exact) mass is 378 g/mol. The molecule has 2 atom stereocenters. The number of hydrogen-bond donors (Lipinski definition) is 2. The number of nitrogens with zero attached hydrogens (tertiary/aromatic N) is 2. The van der Waals surface area contributed by atoms with Gasteiger partial charge in [-0.1, -0.05) is 24.3 Å². The third-order valence-corrected chi connectivity index (χ3v) is 6.83. The summed E-state index contributed by atoms with van der Waals surface area (Å²) < 4.78 is 0. The molecule has 2 fully saturated rings. The summed E-state index contributed by atoms with van der Waals surface area (Å²) >= 11 is 1.38. The average Bonchev–Trinajstić information content (AvgIpc) is 3.38. The molecule has 1 amide bonds. The molecule has 6 heteroatoms. The van der Waals surface area contributed by atoms with Gasteiger partial charge in [-0.3, -0.25) is 15.1 Å². The second-order valence-electron chi connectivity index (χ2n) is 7.41. The summed E-state index contributed by atoms with van der Waals surface area (Å²) in [4.78, 5) is 16.3. The van der Waals surface area contributed by atoms with Crippen LogP contribution in [0.3, 0.4) is 0 Å². The van der Waals surface area contributed by atoms with Crippen LogP contribution in [0.5, 0.6) is 0 Å². The Morgan fingerprint density at radius 3 is 2.48 bits per heavy atom. The Kier molecular flexibility index (Phi) is 4.27. The minimum Gasteiger partial charge on any atom is -0.345 e. The Labute approximate surface area is 163 Å². The largest absolute Gasteiger partial charge is 0.345 e. The quantitative estimate of drug-likeness (QED) is 0.847. The van der Waals surface area contributed by atoms with Crippen molar-refractivity contribution in [1.29, 1.82) is 10.7 Å². The van der Waals surface area contributed by atoms with Crippen LogP contribution in [0.2, 0.25) is 0 Å². The van der Waals surface area contributed by atoms with Gasteiger partial charge in [-0.05, 0) is 55.9 Å². The van der Waals surface area contributed by atoms with E-state index in [0.29, 0.717) is 17.3 Å². The van der Waals surface area contributed by atoms with E-state index in [9.17, 15) is 10.1 Å². The lowest BCUT2D eigenvalue weighted by Gasteiger charge is -2.46. The van der Waals surface area contributed by atoms with E-state index in [1.54, 1.807) is 6.07 Å². The first-order valence-corrected chi connectivity index (χ1v) is 10.1. The average molecular weight is 379 g/mol. The maximum atomic E-state index is 13.3. The van der Waals surface area contributed by atoms with Crippen LogP contribution in [0.15, 0.2) is 36.4 Å². The van der Waals surface area contributed by atoms with Crippen LogP contribution in [0.1, 0.15) is 59.4 Å². The number of benzene rings is 1. The number of nitrogens with one attached hydrogen (secondary N) is 2. The summed E-state index contributed by atoms with van der Waals surface area (Å²) in [6, 6.07) is 14.2. The molecular formula is C21H22N4OS. The molecule has 2 aromatic rings. The summed E-state index contributed by atoms with van der Waals surface area (Å²) in [5, 5.41) is 20.8. The Hall–Kier alpha value is -2.65. The minimum absolute atomic E-state index is 0.0742. The maximum Gasteiger partial charge on any atom is 0.239 e. The molecule has 0 radical (unpaired) electrons. The summed E-state index contributed by atoms with van der Waals surface area (Å²) in [6.07, 6.45) is 2.49. The molecule has 138 valence electrons. The number of likely N-dealkylation sites (N-methyl/N-ethyl adjacent to an activating group) is 1. The normalized spacial score (nSPS) is 25.2. The van der Waals surface area contributed by atoms with Crippen molar-refractivity contribution in [2.24, 2.45) is 0 Å². The lowest BCUT2D eigenvalue weighted by Crippen LogP contribution is -2.63. The van der Waals surface area contributed by atoms with E-state index >= 15 is 0 Å². The molecule has 1 saturated heterocycles.